The number of hydrogen-bond donors (Lipinski definition) is 0. The van der Waals surface area contributed by atoms with Crippen LogP contribution in [0.3, 0.4) is 0 Å². The second kappa shape index (κ2) is 13.1. The third kappa shape index (κ3) is 4.99. The van der Waals surface area contributed by atoms with Crippen molar-refractivity contribution in [2.75, 3.05) is 0 Å². The average molecular weight is 788 g/mol. The second-order valence-corrected chi connectivity index (χ2v) is 17.3. The summed E-state index contributed by atoms with van der Waals surface area (Å²) in [4.78, 5) is 3.73. The molecule has 0 atom stereocenters. The highest BCUT2D eigenvalue weighted by Gasteiger charge is 2.21. The predicted molar refractivity (Wildman–Crippen MR) is 264 cm³/mol. The minimum atomic E-state index is 0.648. The Hall–Kier alpha value is -7.83. The number of rotatable bonds is 3. The molecule has 0 radical (unpaired) electrons. The van der Waals surface area contributed by atoms with Crippen LogP contribution in [0, 0.1) is 6.57 Å². The molecule has 0 saturated heterocycles. The average Bonchev–Trinajstić information content (AvgIpc) is 3.70. The lowest BCUT2D eigenvalue weighted by atomic mass is 9.83. The van der Waals surface area contributed by atoms with E-state index in [4.69, 9.17) is 6.57 Å². The van der Waals surface area contributed by atoms with Gasteiger partial charge in [-0.2, -0.15) is 0 Å². The van der Waals surface area contributed by atoms with E-state index in [1.54, 1.807) is 0 Å². The molecule has 1 nitrogen and oxygen atoms in total. The standard InChI is InChI=1S/C59H33NS/c1-60-38-15-12-14-36(31-38)39-28-29-50(42-18-5-4-17-41(39)42)58-48-23-10-8-21-46(48)57(47-22-9-11-24-49(47)58)37-25-27-45-51(32-37)43-19-6-7-20-44(43)53-34-56-54(33-52(45)53)59-40-16-3-2-13-35(40)26-30-55(59)61-56/h2-34H. The Morgan fingerprint density at radius 3 is 1.57 bits per heavy atom. The Labute approximate surface area is 355 Å². The van der Waals surface area contributed by atoms with E-state index >= 15 is 0 Å². The van der Waals surface area contributed by atoms with Crippen LogP contribution in [0.1, 0.15) is 0 Å². The third-order valence-electron chi connectivity index (χ3n) is 13.0. The number of hydrogen-bond acceptors (Lipinski definition) is 1. The molecule has 0 saturated carbocycles. The molecular weight excluding hydrogens is 755 g/mol. The Balaban J connectivity index is 1.08. The summed E-state index contributed by atoms with van der Waals surface area (Å²) in [5.74, 6) is 0. The van der Waals surface area contributed by atoms with Crippen molar-refractivity contribution in [1.82, 2.24) is 0 Å². The summed E-state index contributed by atoms with van der Waals surface area (Å²) in [5, 5.41) is 20.3. The first kappa shape index (κ1) is 34.1. The van der Waals surface area contributed by atoms with Crippen LogP contribution >= 0.6 is 11.3 Å². The van der Waals surface area contributed by atoms with Crippen LogP contribution in [-0.4, -0.2) is 0 Å². The smallest absolute Gasteiger partial charge is 0.187 e. The molecule has 0 unspecified atom stereocenters. The summed E-state index contributed by atoms with van der Waals surface area (Å²) < 4.78 is 2.66. The fourth-order valence-corrected chi connectivity index (χ4v) is 11.5. The van der Waals surface area contributed by atoms with E-state index in [2.05, 4.69) is 187 Å². The molecule has 0 aliphatic heterocycles. The molecule has 13 aromatic rings. The molecular formula is C59H33NS. The monoisotopic (exact) mass is 787 g/mol. The van der Waals surface area contributed by atoms with Gasteiger partial charge in [0, 0.05) is 20.2 Å². The largest absolute Gasteiger partial charge is 0.238 e. The number of thiophene rings is 1. The van der Waals surface area contributed by atoms with E-state index in [9.17, 15) is 0 Å². The summed E-state index contributed by atoms with van der Waals surface area (Å²) in [6, 6.07) is 73.6. The van der Waals surface area contributed by atoms with Gasteiger partial charge in [0.05, 0.1) is 6.57 Å². The molecule has 0 bridgehead atoms. The van der Waals surface area contributed by atoms with Crippen molar-refractivity contribution in [2.45, 2.75) is 0 Å². The van der Waals surface area contributed by atoms with Gasteiger partial charge in [0.15, 0.2) is 5.69 Å². The summed E-state index contributed by atoms with van der Waals surface area (Å²) in [6.07, 6.45) is 0. The maximum atomic E-state index is 7.64. The van der Waals surface area contributed by atoms with Crippen LogP contribution in [0.4, 0.5) is 5.69 Å². The number of nitrogens with zero attached hydrogens (tertiary/aromatic N) is 1. The van der Waals surface area contributed by atoms with Crippen LogP contribution in [0.25, 0.3) is 134 Å². The Morgan fingerprint density at radius 2 is 0.869 bits per heavy atom. The highest BCUT2D eigenvalue weighted by Crippen LogP contribution is 2.49. The van der Waals surface area contributed by atoms with Crippen molar-refractivity contribution < 1.29 is 0 Å². The topological polar surface area (TPSA) is 4.36 Å². The molecule has 12 aromatic carbocycles. The van der Waals surface area contributed by atoms with E-state index in [0.29, 0.717) is 5.69 Å². The van der Waals surface area contributed by atoms with Crippen molar-refractivity contribution in [2.24, 2.45) is 0 Å². The van der Waals surface area contributed by atoms with Gasteiger partial charge in [-0.1, -0.05) is 170 Å². The molecule has 0 N–H and O–H groups in total. The maximum absolute atomic E-state index is 7.64. The van der Waals surface area contributed by atoms with Gasteiger partial charge in [0.1, 0.15) is 0 Å². The third-order valence-corrected chi connectivity index (χ3v) is 14.1. The highest BCUT2D eigenvalue weighted by molar-refractivity contribution is 7.26. The fourth-order valence-electron chi connectivity index (χ4n) is 10.4. The molecule has 0 fully saturated rings. The van der Waals surface area contributed by atoms with Gasteiger partial charge in [0.25, 0.3) is 0 Å². The van der Waals surface area contributed by atoms with Crippen molar-refractivity contribution >= 4 is 113 Å². The Kier molecular flexibility index (Phi) is 7.31. The summed E-state index contributed by atoms with van der Waals surface area (Å²) in [7, 11) is 0. The second-order valence-electron chi connectivity index (χ2n) is 16.2. The lowest BCUT2D eigenvalue weighted by molar-refractivity contribution is 1.65. The normalized spacial score (nSPS) is 11.9. The summed E-state index contributed by atoms with van der Waals surface area (Å²) in [5.41, 5.74) is 7.74. The first-order chi connectivity index (χ1) is 30.2. The zero-order valence-corrected chi connectivity index (χ0v) is 33.7. The molecule has 2 heteroatoms. The van der Waals surface area contributed by atoms with Gasteiger partial charge in [-0.05, 0) is 139 Å². The molecule has 1 heterocycles. The van der Waals surface area contributed by atoms with Crippen LogP contribution in [0.5, 0.6) is 0 Å². The maximum Gasteiger partial charge on any atom is 0.187 e. The van der Waals surface area contributed by atoms with E-state index in [-0.39, 0.29) is 0 Å². The van der Waals surface area contributed by atoms with E-state index < -0.39 is 0 Å². The van der Waals surface area contributed by atoms with Crippen molar-refractivity contribution in [3.63, 3.8) is 0 Å². The molecule has 0 aliphatic carbocycles. The molecule has 0 aliphatic rings. The van der Waals surface area contributed by atoms with E-state index in [1.165, 1.54) is 118 Å². The zero-order valence-electron chi connectivity index (χ0n) is 32.9. The van der Waals surface area contributed by atoms with Gasteiger partial charge in [-0.3, -0.25) is 0 Å². The summed E-state index contributed by atoms with van der Waals surface area (Å²) in [6.45, 7) is 7.64. The minimum Gasteiger partial charge on any atom is -0.238 e. The first-order valence-electron chi connectivity index (χ1n) is 20.8. The van der Waals surface area contributed by atoms with E-state index in [1.807, 2.05) is 29.5 Å². The Bertz CT molecular complexity index is 4010. The molecule has 0 spiro atoms. The van der Waals surface area contributed by atoms with Gasteiger partial charge < -0.3 is 0 Å². The van der Waals surface area contributed by atoms with Crippen molar-refractivity contribution in [3.8, 4) is 33.4 Å². The molecule has 280 valence electrons. The van der Waals surface area contributed by atoms with Gasteiger partial charge in [0.2, 0.25) is 0 Å². The van der Waals surface area contributed by atoms with Crippen molar-refractivity contribution in [1.29, 1.82) is 0 Å². The molecule has 0 amide bonds. The van der Waals surface area contributed by atoms with Crippen LogP contribution in [0.2, 0.25) is 0 Å². The van der Waals surface area contributed by atoms with Gasteiger partial charge in [-0.15, -0.1) is 11.3 Å². The first-order valence-corrected chi connectivity index (χ1v) is 21.6. The van der Waals surface area contributed by atoms with Crippen LogP contribution < -0.4 is 0 Å². The highest BCUT2D eigenvalue weighted by atomic mass is 32.1. The van der Waals surface area contributed by atoms with E-state index in [0.717, 1.165) is 11.1 Å². The zero-order chi connectivity index (χ0) is 40.2. The van der Waals surface area contributed by atoms with Gasteiger partial charge >= 0.3 is 0 Å². The SMILES string of the molecule is [C-]#[N+]c1cccc(-c2ccc(-c3c4ccccc4c(-c4ccc5c(c4)c4ccccc4c4cc6sc7ccc8ccccc8c7c6cc54)c4ccccc34)c3ccccc23)c1. The van der Waals surface area contributed by atoms with Crippen LogP contribution in [-0.2, 0) is 0 Å². The minimum absolute atomic E-state index is 0.648. The molecule has 61 heavy (non-hydrogen) atoms. The Morgan fingerprint density at radius 1 is 0.311 bits per heavy atom. The molecule has 1 aromatic heterocycles. The number of benzene rings is 12. The van der Waals surface area contributed by atoms with Gasteiger partial charge in [-0.25, -0.2) is 4.85 Å². The lowest BCUT2D eigenvalue weighted by Gasteiger charge is -2.20. The van der Waals surface area contributed by atoms with Crippen molar-refractivity contribution in [3.05, 3.63) is 212 Å². The predicted octanol–water partition coefficient (Wildman–Crippen LogP) is 17.7. The number of fused-ring (bicyclic) bond motifs is 14. The fraction of sp³-hybridized carbons (Fsp3) is 0. The molecule has 13 rings (SSSR count). The quantitative estimate of drug-likeness (QED) is 0.0954. The lowest BCUT2D eigenvalue weighted by Crippen LogP contribution is -1.93. The summed E-state index contributed by atoms with van der Waals surface area (Å²) >= 11 is 1.90. The van der Waals surface area contributed by atoms with Crippen LogP contribution in [0.15, 0.2) is 200 Å².